The van der Waals surface area contributed by atoms with Gasteiger partial charge < -0.3 is 9.30 Å². The number of nitrogens with zero attached hydrogens (tertiary/aromatic N) is 1. The Bertz CT molecular complexity index is 896. The van der Waals surface area contributed by atoms with Gasteiger partial charge in [-0.1, -0.05) is 18.2 Å². The molecule has 1 heterocycles. The Morgan fingerprint density at radius 1 is 1.13 bits per heavy atom. The summed E-state index contributed by atoms with van der Waals surface area (Å²) >= 11 is 1.22. The molecule has 0 aliphatic carbocycles. The average molecular weight is 325 g/mol. The van der Waals surface area contributed by atoms with Crippen molar-refractivity contribution >= 4 is 27.8 Å². The van der Waals surface area contributed by atoms with Crippen LogP contribution in [0.25, 0.3) is 16.6 Å². The fourth-order valence-electron chi connectivity index (χ4n) is 2.92. The number of ether oxygens (including phenoxy) is 1. The van der Waals surface area contributed by atoms with Crippen LogP contribution >= 0.6 is 11.8 Å². The number of carbonyl (C=O) groups excluding carboxylic acids is 1. The summed E-state index contributed by atoms with van der Waals surface area (Å²) in [4.78, 5) is 12.5. The second kappa shape index (κ2) is 6.13. The van der Waals surface area contributed by atoms with Gasteiger partial charge in [0.15, 0.2) is 5.12 Å². The van der Waals surface area contributed by atoms with Crippen molar-refractivity contribution in [2.75, 3.05) is 7.11 Å². The quantitative estimate of drug-likeness (QED) is 0.642. The van der Waals surface area contributed by atoms with E-state index in [9.17, 15) is 4.79 Å². The van der Waals surface area contributed by atoms with E-state index in [1.807, 2.05) is 18.2 Å². The Morgan fingerprint density at radius 3 is 2.52 bits per heavy atom. The molecule has 23 heavy (non-hydrogen) atoms. The molecule has 0 aliphatic rings. The van der Waals surface area contributed by atoms with Crippen molar-refractivity contribution in [3.8, 4) is 11.4 Å². The molecular weight excluding hydrogens is 306 g/mol. The van der Waals surface area contributed by atoms with Gasteiger partial charge in [0.25, 0.3) is 0 Å². The maximum atomic E-state index is 11.6. The molecule has 0 fully saturated rings. The Morgan fingerprint density at radius 2 is 1.87 bits per heavy atom. The second-order valence-corrected chi connectivity index (χ2v) is 6.74. The summed E-state index contributed by atoms with van der Waals surface area (Å²) < 4.78 is 7.68. The number of thioether (sulfide) groups is 1. The van der Waals surface area contributed by atoms with Gasteiger partial charge in [0.2, 0.25) is 0 Å². The minimum atomic E-state index is 0.0529. The van der Waals surface area contributed by atoms with E-state index < -0.39 is 0 Å². The summed E-state index contributed by atoms with van der Waals surface area (Å²) in [6, 6.07) is 12.3. The zero-order chi connectivity index (χ0) is 16.6. The van der Waals surface area contributed by atoms with E-state index in [0.29, 0.717) is 0 Å². The molecule has 2 aromatic carbocycles. The molecule has 0 spiro atoms. The number of methoxy groups -OCH3 is 1. The molecule has 0 aliphatic heterocycles. The van der Waals surface area contributed by atoms with Gasteiger partial charge in [0, 0.05) is 24.2 Å². The van der Waals surface area contributed by atoms with Crippen LogP contribution in [0.3, 0.4) is 0 Å². The molecule has 0 atom stereocenters. The molecule has 0 radical (unpaired) electrons. The maximum absolute atomic E-state index is 11.6. The summed E-state index contributed by atoms with van der Waals surface area (Å²) in [5, 5.41) is 1.10. The molecule has 0 unspecified atom stereocenters. The fourth-order valence-corrected chi connectivity index (χ4v) is 3.72. The first-order chi connectivity index (χ1) is 11.0. The van der Waals surface area contributed by atoms with Gasteiger partial charge in [-0.05, 0) is 54.9 Å². The first-order valence-electron chi connectivity index (χ1n) is 7.46. The zero-order valence-electron chi connectivity index (χ0n) is 13.7. The lowest BCUT2D eigenvalue weighted by Crippen LogP contribution is -1.98. The van der Waals surface area contributed by atoms with Gasteiger partial charge in [-0.3, -0.25) is 4.79 Å². The van der Waals surface area contributed by atoms with E-state index in [4.69, 9.17) is 4.74 Å². The standard InChI is InChI=1S/C19H19NO2S/c1-12-7-5-6-8-16(12)20-10-9-15-18(20)13(2)11-17(22-4)19(15)23-14(3)21/h5-11H,1-4H3. The van der Waals surface area contributed by atoms with E-state index in [0.717, 1.165) is 32.8 Å². The Balaban J connectivity index is 2.32. The molecular formula is C19H19NO2S. The van der Waals surface area contributed by atoms with Gasteiger partial charge >= 0.3 is 0 Å². The first kappa shape index (κ1) is 15.7. The van der Waals surface area contributed by atoms with Gasteiger partial charge in [-0.15, -0.1) is 0 Å². The number of fused-ring (bicyclic) bond motifs is 1. The van der Waals surface area contributed by atoms with Crippen LogP contribution < -0.4 is 4.74 Å². The second-order valence-electron chi connectivity index (χ2n) is 5.55. The van der Waals surface area contributed by atoms with Crippen LogP contribution in [0, 0.1) is 13.8 Å². The highest BCUT2D eigenvalue weighted by molar-refractivity contribution is 8.13. The molecule has 3 nitrogen and oxygen atoms in total. The van der Waals surface area contributed by atoms with Crippen molar-refractivity contribution in [3.05, 3.63) is 53.7 Å². The third-order valence-electron chi connectivity index (χ3n) is 3.92. The van der Waals surface area contributed by atoms with Crippen LogP contribution in [0.2, 0.25) is 0 Å². The Labute approximate surface area is 140 Å². The van der Waals surface area contributed by atoms with Crippen LogP contribution in [-0.2, 0) is 4.79 Å². The third kappa shape index (κ3) is 2.75. The number of aromatic nitrogens is 1. The molecule has 1 aromatic heterocycles. The Hall–Kier alpha value is -2.20. The topological polar surface area (TPSA) is 31.2 Å². The van der Waals surface area contributed by atoms with Crippen molar-refractivity contribution in [2.45, 2.75) is 25.7 Å². The predicted octanol–water partition coefficient (Wildman–Crippen LogP) is 4.89. The Kier molecular flexibility index (Phi) is 4.18. The lowest BCUT2D eigenvalue weighted by Gasteiger charge is -2.14. The summed E-state index contributed by atoms with van der Waals surface area (Å²) in [6.07, 6.45) is 2.06. The minimum Gasteiger partial charge on any atom is -0.496 e. The van der Waals surface area contributed by atoms with Crippen molar-refractivity contribution in [3.63, 3.8) is 0 Å². The number of rotatable bonds is 3. The van der Waals surface area contributed by atoms with E-state index >= 15 is 0 Å². The molecule has 118 valence electrons. The monoisotopic (exact) mass is 325 g/mol. The van der Waals surface area contributed by atoms with Gasteiger partial charge in [-0.25, -0.2) is 0 Å². The number of hydrogen-bond donors (Lipinski definition) is 0. The molecule has 0 saturated carbocycles. The van der Waals surface area contributed by atoms with Crippen LogP contribution in [-0.4, -0.2) is 16.8 Å². The highest BCUT2D eigenvalue weighted by Gasteiger charge is 2.17. The fraction of sp³-hybridized carbons (Fsp3) is 0.211. The number of para-hydroxylation sites is 1. The number of hydrogen-bond acceptors (Lipinski definition) is 3. The zero-order valence-corrected chi connectivity index (χ0v) is 14.5. The van der Waals surface area contributed by atoms with E-state index in [-0.39, 0.29) is 5.12 Å². The van der Waals surface area contributed by atoms with Crippen LogP contribution in [0.1, 0.15) is 18.1 Å². The summed E-state index contributed by atoms with van der Waals surface area (Å²) in [6.45, 7) is 5.75. The van der Waals surface area contributed by atoms with Crippen LogP contribution in [0.5, 0.6) is 5.75 Å². The lowest BCUT2D eigenvalue weighted by atomic mass is 10.1. The number of carbonyl (C=O) groups is 1. The third-order valence-corrected chi connectivity index (χ3v) is 4.83. The molecule has 4 heteroatoms. The molecule has 3 aromatic rings. The molecule has 0 N–H and O–H groups in total. The highest BCUT2D eigenvalue weighted by Crippen LogP contribution is 2.40. The average Bonchev–Trinajstić information content (AvgIpc) is 2.95. The van der Waals surface area contributed by atoms with E-state index in [2.05, 4.69) is 42.8 Å². The summed E-state index contributed by atoms with van der Waals surface area (Å²) in [5.41, 5.74) is 4.59. The van der Waals surface area contributed by atoms with E-state index in [1.54, 1.807) is 14.0 Å². The van der Waals surface area contributed by atoms with Gasteiger partial charge in [0.1, 0.15) is 5.75 Å². The molecule has 0 bridgehead atoms. The molecule has 3 rings (SSSR count). The van der Waals surface area contributed by atoms with E-state index in [1.165, 1.54) is 17.3 Å². The van der Waals surface area contributed by atoms with Gasteiger partial charge in [-0.2, -0.15) is 0 Å². The predicted molar refractivity (Wildman–Crippen MR) is 95.8 cm³/mol. The highest BCUT2D eigenvalue weighted by atomic mass is 32.2. The molecule has 0 saturated heterocycles. The normalized spacial score (nSPS) is 11.0. The van der Waals surface area contributed by atoms with Crippen molar-refractivity contribution in [1.29, 1.82) is 0 Å². The summed E-state index contributed by atoms with van der Waals surface area (Å²) in [7, 11) is 1.64. The van der Waals surface area contributed by atoms with Crippen molar-refractivity contribution < 1.29 is 9.53 Å². The van der Waals surface area contributed by atoms with Crippen molar-refractivity contribution in [2.24, 2.45) is 0 Å². The largest absolute Gasteiger partial charge is 0.496 e. The first-order valence-corrected chi connectivity index (χ1v) is 8.27. The van der Waals surface area contributed by atoms with Crippen LogP contribution in [0.15, 0.2) is 47.5 Å². The lowest BCUT2D eigenvalue weighted by molar-refractivity contribution is -0.109. The van der Waals surface area contributed by atoms with Gasteiger partial charge in [0.05, 0.1) is 17.5 Å². The maximum Gasteiger partial charge on any atom is 0.190 e. The molecule has 0 amide bonds. The number of benzene rings is 2. The summed E-state index contributed by atoms with van der Waals surface area (Å²) in [5.74, 6) is 0.748. The smallest absolute Gasteiger partial charge is 0.190 e. The SMILES string of the molecule is COc1cc(C)c2c(ccn2-c2ccccc2C)c1SC(C)=O. The van der Waals surface area contributed by atoms with Crippen LogP contribution in [0.4, 0.5) is 0 Å². The minimum absolute atomic E-state index is 0.0529. The number of aryl methyl sites for hydroxylation is 2. The van der Waals surface area contributed by atoms with Crippen molar-refractivity contribution in [1.82, 2.24) is 4.57 Å².